The van der Waals surface area contributed by atoms with Crippen LogP contribution in [0.2, 0.25) is 0 Å². The number of anilines is 1. The number of hydrogen-bond acceptors (Lipinski definition) is 3. The van der Waals surface area contributed by atoms with Crippen LogP contribution >= 0.6 is 0 Å². The number of benzene rings is 1. The third-order valence-electron chi connectivity index (χ3n) is 2.47. The number of carbonyl (C=O) groups excluding carboxylic acids is 1. The van der Waals surface area contributed by atoms with E-state index >= 15 is 0 Å². The van der Waals surface area contributed by atoms with Crippen LogP contribution in [0.5, 0.6) is 5.75 Å². The van der Waals surface area contributed by atoms with E-state index in [0.29, 0.717) is 17.0 Å². The first-order chi connectivity index (χ1) is 6.72. The number of methoxy groups -OCH3 is 1. The highest BCUT2D eigenvalue weighted by atomic mass is 16.5. The van der Waals surface area contributed by atoms with Gasteiger partial charge in [0.05, 0.1) is 7.11 Å². The molecule has 0 radical (unpaired) electrons. The van der Waals surface area contributed by atoms with Crippen molar-refractivity contribution in [2.75, 3.05) is 12.8 Å². The van der Waals surface area contributed by atoms with Crippen molar-refractivity contribution in [1.29, 1.82) is 0 Å². The molecule has 0 unspecified atom stereocenters. The summed E-state index contributed by atoms with van der Waals surface area (Å²) in [6.07, 6.45) is 1.99. The summed E-state index contributed by atoms with van der Waals surface area (Å²) in [6.45, 7) is 0. The minimum absolute atomic E-state index is 0.154. The molecule has 3 heteroatoms. The first kappa shape index (κ1) is 9.06. The second-order valence-electron chi connectivity index (χ2n) is 3.59. The summed E-state index contributed by atoms with van der Waals surface area (Å²) in [7, 11) is 1.58. The predicted octanol–water partition coefficient (Wildman–Crippen LogP) is 1.87. The molecule has 0 heterocycles. The molecule has 0 aliphatic heterocycles. The molecule has 1 aromatic rings. The lowest BCUT2D eigenvalue weighted by Gasteiger charge is -2.06. The van der Waals surface area contributed by atoms with Crippen molar-refractivity contribution in [2.24, 2.45) is 5.92 Å². The van der Waals surface area contributed by atoms with Gasteiger partial charge in [0.2, 0.25) is 0 Å². The number of ether oxygens (including phenoxy) is 1. The molecule has 1 aromatic carbocycles. The molecule has 0 amide bonds. The van der Waals surface area contributed by atoms with Crippen LogP contribution in [-0.2, 0) is 0 Å². The Balaban J connectivity index is 2.34. The molecule has 0 spiro atoms. The fourth-order valence-corrected chi connectivity index (χ4v) is 1.44. The molecule has 2 N–H and O–H groups in total. The molecule has 1 aliphatic carbocycles. The number of carbonyl (C=O) groups is 1. The van der Waals surface area contributed by atoms with Crippen molar-refractivity contribution in [1.82, 2.24) is 0 Å². The Kier molecular flexibility index (Phi) is 2.15. The molecule has 0 atom stereocenters. The summed E-state index contributed by atoms with van der Waals surface area (Å²) in [5, 5.41) is 0. The molecule has 1 saturated carbocycles. The van der Waals surface area contributed by atoms with Crippen LogP contribution in [0.15, 0.2) is 18.2 Å². The van der Waals surface area contributed by atoms with E-state index in [1.165, 1.54) is 0 Å². The number of hydrogen-bond donors (Lipinski definition) is 1. The van der Waals surface area contributed by atoms with Gasteiger partial charge < -0.3 is 10.5 Å². The minimum atomic E-state index is 0.154. The first-order valence-corrected chi connectivity index (χ1v) is 4.70. The summed E-state index contributed by atoms with van der Waals surface area (Å²) in [4.78, 5) is 11.8. The maximum atomic E-state index is 11.8. The Labute approximate surface area is 82.9 Å². The van der Waals surface area contributed by atoms with E-state index in [9.17, 15) is 4.79 Å². The van der Waals surface area contributed by atoms with E-state index in [2.05, 4.69) is 0 Å². The van der Waals surface area contributed by atoms with Gasteiger partial charge in [-0.2, -0.15) is 0 Å². The highest BCUT2D eigenvalue weighted by molar-refractivity contribution is 6.03. The molecule has 74 valence electrons. The topological polar surface area (TPSA) is 52.3 Å². The SMILES string of the molecule is COc1ccc(N)c(C(=O)C2CC2)c1. The van der Waals surface area contributed by atoms with Gasteiger partial charge in [0.15, 0.2) is 5.78 Å². The molecule has 1 aliphatic rings. The van der Waals surface area contributed by atoms with Gasteiger partial charge in [-0.15, -0.1) is 0 Å². The number of rotatable bonds is 3. The quantitative estimate of drug-likeness (QED) is 0.586. The molecule has 1 fully saturated rings. The summed E-state index contributed by atoms with van der Waals surface area (Å²) in [6, 6.07) is 5.20. The zero-order chi connectivity index (χ0) is 10.1. The van der Waals surface area contributed by atoms with E-state index in [1.807, 2.05) is 0 Å². The Hall–Kier alpha value is -1.51. The van der Waals surface area contributed by atoms with Crippen LogP contribution in [-0.4, -0.2) is 12.9 Å². The Morgan fingerprint density at radius 3 is 2.79 bits per heavy atom. The summed E-state index contributed by atoms with van der Waals surface area (Å²) in [5.74, 6) is 1.04. The van der Waals surface area contributed by atoms with Gasteiger partial charge in [-0.1, -0.05) is 0 Å². The Bertz CT molecular complexity index is 370. The van der Waals surface area contributed by atoms with Gasteiger partial charge in [-0.05, 0) is 31.0 Å². The number of nitrogen functional groups attached to an aromatic ring is 1. The molecule has 3 nitrogen and oxygen atoms in total. The van der Waals surface area contributed by atoms with Crippen molar-refractivity contribution in [3.05, 3.63) is 23.8 Å². The molecule has 0 saturated heterocycles. The van der Waals surface area contributed by atoms with Crippen LogP contribution in [0.25, 0.3) is 0 Å². The van der Waals surface area contributed by atoms with Gasteiger partial charge in [0, 0.05) is 17.2 Å². The zero-order valence-electron chi connectivity index (χ0n) is 8.12. The van der Waals surface area contributed by atoms with Crippen molar-refractivity contribution < 1.29 is 9.53 Å². The highest BCUT2D eigenvalue weighted by Crippen LogP contribution is 2.34. The third kappa shape index (κ3) is 1.58. The average Bonchev–Trinajstić information content (AvgIpc) is 3.01. The van der Waals surface area contributed by atoms with Crippen LogP contribution in [0.1, 0.15) is 23.2 Å². The molecule has 0 bridgehead atoms. The van der Waals surface area contributed by atoms with Gasteiger partial charge in [-0.3, -0.25) is 4.79 Å². The minimum Gasteiger partial charge on any atom is -0.497 e. The largest absolute Gasteiger partial charge is 0.497 e. The molecule has 14 heavy (non-hydrogen) atoms. The third-order valence-corrected chi connectivity index (χ3v) is 2.47. The lowest BCUT2D eigenvalue weighted by atomic mass is 10.1. The van der Waals surface area contributed by atoms with Gasteiger partial charge >= 0.3 is 0 Å². The Morgan fingerprint density at radius 2 is 2.21 bits per heavy atom. The normalized spacial score (nSPS) is 15.2. The van der Waals surface area contributed by atoms with E-state index in [1.54, 1.807) is 25.3 Å². The van der Waals surface area contributed by atoms with E-state index in [4.69, 9.17) is 10.5 Å². The second-order valence-corrected chi connectivity index (χ2v) is 3.59. The lowest BCUT2D eigenvalue weighted by Crippen LogP contribution is -2.05. The fourth-order valence-electron chi connectivity index (χ4n) is 1.44. The average molecular weight is 191 g/mol. The van der Waals surface area contributed by atoms with Gasteiger partial charge in [0.25, 0.3) is 0 Å². The van der Waals surface area contributed by atoms with E-state index in [0.717, 1.165) is 12.8 Å². The smallest absolute Gasteiger partial charge is 0.168 e. The van der Waals surface area contributed by atoms with Crippen molar-refractivity contribution >= 4 is 11.5 Å². The number of ketones is 1. The molecule has 2 rings (SSSR count). The van der Waals surface area contributed by atoms with Crippen LogP contribution < -0.4 is 10.5 Å². The molecular formula is C11H13NO2. The van der Waals surface area contributed by atoms with Crippen LogP contribution in [0.4, 0.5) is 5.69 Å². The maximum absolute atomic E-state index is 11.8. The van der Waals surface area contributed by atoms with E-state index < -0.39 is 0 Å². The van der Waals surface area contributed by atoms with Crippen LogP contribution in [0, 0.1) is 5.92 Å². The van der Waals surface area contributed by atoms with Gasteiger partial charge in [0.1, 0.15) is 5.75 Å². The molecular weight excluding hydrogens is 178 g/mol. The first-order valence-electron chi connectivity index (χ1n) is 4.70. The Morgan fingerprint density at radius 1 is 1.50 bits per heavy atom. The van der Waals surface area contributed by atoms with E-state index in [-0.39, 0.29) is 11.7 Å². The lowest BCUT2D eigenvalue weighted by molar-refractivity contribution is 0.0968. The van der Waals surface area contributed by atoms with Crippen molar-refractivity contribution in [2.45, 2.75) is 12.8 Å². The summed E-state index contributed by atoms with van der Waals surface area (Å²) < 4.78 is 5.05. The highest BCUT2D eigenvalue weighted by Gasteiger charge is 2.31. The fraction of sp³-hybridized carbons (Fsp3) is 0.364. The van der Waals surface area contributed by atoms with Crippen molar-refractivity contribution in [3.63, 3.8) is 0 Å². The predicted molar refractivity (Wildman–Crippen MR) is 54.5 cm³/mol. The maximum Gasteiger partial charge on any atom is 0.168 e. The standard InChI is InChI=1S/C11H13NO2/c1-14-8-4-5-10(12)9(6-8)11(13)7-2-3-7/h4-7H,2-3,12H2,1H3. The summed E-state index contributed by atoms with van der Waals surface area (Å²) in [5.41, 5.74) is 6.88. The zero-order valence-corrected chi connectivity index (χ0v) is 8.12. The molecule has 0 aromatic heterocycles. The second kappa shape index (κ2) is 3.33. The monoisotopic (exact) mass is 191 g/mol. The number of nitrogens with two attached hydrogens (primary N) is 1. The number of Topliss-reactive ketones (excluding diaryl/α,β-unsaturated/α-hetero) is 1. The van der Waals surface area contributed by atoms with Crippen LogP contribution in [0.3, 0.4) is 0 Å². The van der Waals surface area contributed by atoms with Gasteiger partial charge in [-0.25, -0.2) is 0 Å². The summed E-state index contributed by atoms with van der Waals surface area (Å²) >= 11 is 0. The van der Waals surface area contributed by atoms with Crippen molar-refractivity contribution in [3.8, 4) is 5.75 Å².